The molecule has 0 saturated carbocycles. The van der Waals surface area contributed by atoms with E-state index in [1.165, 1.54) is 0 Å². The molecule has 0 unspecified atom stereocenters. The summed E-state index contributed by atoms with van der Waals surface area (Å²) in [5, 5.41) is 0. The Bertz CT molecular complexity index is 96.2. The molecule has 0 aliphatic carbocycles. The first-order chi connectivity index (χ1) is 3.22. The monoisotopic (exact) mass is 101 g/mol. The summed E-state index contributed by atoms with van der Waals surface area (Å²) < 4.78 is 0. The molecular weight excluding hydrogens is 92.1 g/mol. The second-order valence-corrected chi connectivity index (χ2v) is 1.83. The summed E-state index contributed by atoms with van der Waals surface area (Å²) in [7, 11) is 1.74. The SMILES string of the molecule is CN1C[C@H](N)C1=O.[H+]. The Hall–Kier alpha value is -0.570. The average Bonchev–Trinajstić information content (AvgIpc) is 1.68. The van der Waals surface area contributed by atoms with Gasteiger partial charge in [-0.05, 0) is 0 Å². The molecule has 1 heterocycles. The fourth-order valence-electron chi connectivity index (χ4n) is 0.634. The van der Waals surface area contributed by atoms with Crippen molar-refractivity contribution in [3.63, 3.8) is 0 Å². The second kappa shape index (κ2) is 1.20. The predicted molar refractivity (Wildman–Crippen MR) is 26.7 cm³/mol. The number of likely N-dealkylation sites (N-methyl/N-ethyl adjacent to an activating group) is 1. The Labute approximate surface area is 43.6 Å². The third-order valence-electron chi connectivity index (χ3n) is 1.16. The van der Waals surface area contributed by atoms with Crippen LogP contribution in [0.1, 0.15) is 1.43 Å². The smallest absolute Gasteiger partial charge is 0.342 e. The van der Waals surface area contributed by atoms with Gasteiger partial charge in [0, 0.05) is 13.6 Å². The molecule has 3 heteroatoms. The first kappa shape index (κ1) is 4.59. The van der Waals surface area contributed by atoms with E-state index in [1.807, 2.05) is 0 Å². The molecule has 1 atom stereocenters. The number of nitrogens with zero attached hydrogens (tertiary/aromatic N) is 1. The molecule has 2 N–H and O–H groups in total. The van der Waals surface area contributed by atoms with E-state index in [0.29, 0.717) is 0 Å². The quantitative estimate of drug-likeness (QED) is 0.394. The number of β-lactam (4-membered cyclic amide) rings is 1. The molecule has 0 bridgehead atoms. The summed E-state index contributed by atoms with van der Waals surface area (Å²) in [4.78, 5) is 12.0. The topological polar surface area (TPSA) is 46.3 Å². The van der Waals surface area contributed by atoms with E-state index in [2.05, 4.69) is 0 Å². The number of amides is 1. The third-order valence-corrected chi connectivity index (χ3v) is 1.16. The molecule has 3 nitrogen and oxygen atoms in total. The van der Waals surface area contributed by atoms with Gasteiger partial charge in [0.25, 0.3) is 0 Å². The zero-order valence-corrected chi connectivity index (χ0v) is 4.22. The summed E-state index contributed by atoms with van der Waals surface area (Å²) in [5.41, 5.74) is 5.22. The molecule has 0 spiro atoms. The minimum atomic E-state index is -0.204. The minimum absolute atomic E-state index is 0. The van der Waals surface area contributed by atoms with Gasteiger partial charge in [-0.15, -0.1) is 0 Å². The van der Waals surface area contributed by atoms with Crippen molar-refractivity contribution in [3.8, 4) is 0 Å². The number of carbonyl (C=O) groups excluding carboxylic acids is 1. The zero-order chi connectivity index (χ0) is 5.44. The van der Waals surface area contributed by atoms with Crippen molar-refractivity contribution >= 4 is 5.91 Å². The van der Waals surface area contributed by atoms with Crippen molar-refractivity contribution < 1.29 is 6.22 Å². The molecule has 0 aromatic rings. The van der Waals surface area contributed by atoms with Gasteiger partial charge >= 0.3 is 1.43 Å². The fourth-order valence-corrected chi connectivity index (χ4v) is 0.634. The lowest BCUT2D eigenvalue weighted by Crippen LogP contribution is -2.58. The van der Waals surface area contributed by atoms with E-state index < -0.39 is 0 Å². The van der Waals surface area contributed by atoms with E-state index in [9.17, 15) is 4.79 Å². The van der Waals surface area contributed by atoms with Crippen LogP contribution in [0.15, 0.2) is 0 Å². The van der Waals surface area contributed by atoms with Crippen molar-refractivity contribution in [3.05, 3.63) is 0 Å². The van der Waals surface area contributed by atoms with Crippen molar-refractivity contribution in [2.75, 3.05) is 13.6 Å². The number of nitrogens with two attached hydrogens (primary N) is 1. The highest BCUT2D eigenvalue weighted by atomic mass is 16.2. The maximum Gasteiger partial charge on any atom is 1.00 e. The molecule has 1 rings (SSSR count). The molecular formula is C4H9N2O+. The van der Waals surface area contributed by atoms with E-state index in [4.69, 9.17) is 5.73 Å². The Kier molecular flexibility index (Phi) is 0.785. The zero-order valence-electron chi connectivity index (χ0n) is 5.22. The Morgan fingerprint density at radius 2 is 2.71 bits per heavy atom. The Morgan fingerprint density at radius 3 is 2.71 bits per heavy atom. The second-order valence-electron chi connectivity index (χ2n) is 1.83. The Morgan fingerprint density at radius 1 is 2.14 bits per heavy atom. The van der Waals surface area contributed by atoms with E-state index >= 15 is 0 Å². The van der Waals surface area contributed by atoms with Crippen molar-refractivity contribution in [2.45, 2.75) is 6.04 Å². The van der Waals surface area contributed by atoms with Crippen molar-refractivity contribution in [1.82, 2.24) is 4.90 Å². The summed E-state index contributed by atoms with van der Waals surface area (Å²) in [6.45, 7) is 0.721. The summed E-state index contributed by atoms with van der Waals surface area (Å²) in [5.74, 6) is 0.0556. The maximum atomic E-state index is 10.4. The third kappa shape index (κ3) is 0.489. The van der Waals surface area contributed by atoms with Gasteiger partial charge in [-0.3, -0.25) is 4.79 Å². The van der Waals surface area contributed by atoms with Gasteiger partial charge < -0.3 is 10.6 Å². The van der Waals surface area contributed by atoms with E-state index in [1.54, 1.807) is 11.9 Å². The van der Waals surface area contributed by atoms with Gasteiger partial charge in [0.05, 0.1) is 0 Å². The largest absolute Gasteiger partial charge is 1.00 e. The lowest BCUT2D eigenvalue weighted by Gasteiger charge is -2.32. The first-order valence-corrected chi connectivity index (χ1v) is 2.22. The number of carbonyl (C=O) groups is 1. The predicted octanol–water partition coefficient (Wildman–Crippen LogP) is -1.10. The van der Waals surface area contributed by atoms with Gasteiger partial charge in [-0.2, -0.15) is 0 Å². The standard InChI is InChI=1S/C4H8N2O/c1-6-2-3(5)4(6)7/h3H,2,5H2,1H3/p+1/t3-/m0/s1. The highest BCUT2D eigenvalue weighted by Gasteiger charge is 2.29. The van der Waals surface area contributed by atoms with Gasteiger partial charge in [0.15, 0.2) is 0 Å². The van der Waals surface area contributed by atoms with Crippen LogP contribution in [-0.4, -0.2) is 30.4 Å². The van der Waals surface area contributed by atoms with Crippen LogP contribution in [0.5, 0.6) is 0 Å². The number of hydrogen-bond donors (Lipinski definition) is 1. The molecule has 1 fully saturated rings. The molecule has 0 aromatic carbocycles. The van der Waals surface area contributed by atoms with Gasteiger partial charge in [0.1, 0.15) is 6.04 Å². The van der Waals surface area contributed by atoms with Crippen LogP contribution in [-0.2, 0) is 4.79 Å². The molecule has 1 saturated heterocycles. The van der Waals surface area contributed by atoms with Crippen LogP contribution < -0.4 is 5.73 Å². The summed E-state index contributed by atoms with van der Waals surface area (Å²) in [6.07, 6.45) is 0. The van der Waals surface area contributed by atoms with Gasteiger partial charge in [-0.1, -0.05) is 0 Å². The summed E-state index contributed by atoms with van der Waals surface area (Å²) in [6, 6.07) is -0.204. The normalized spacial score (nSPS) is 30.3. The average molecular weight is 101 g/mol. The number of hydrogen-bond acceptors (Lipinski definition) is 2. The Balaban J connectivity index is 0.000000490. The lowest BCUT2D eigenvalue weighted by molar-refractivity contribution is -0.140. The number of rotatable bonds is 0. The first-order valence-electron chi connectivity index (χ1n) is 2.22. The minimum Gasteiger partial charge on any atom is -0.342 e. The molecule has 7 heavy (non-hydrogen) atoms. The molecule has 1 amide bonds. The molecule has 0 radical (unpaired) electrons. The van der Waals surface area contributed by atoms with Gasteiger partial charge in [-0.25, -0.2) is 0 Å². The molecule has 0 aromatic heterocycles. The molecule has 1 aliphatic rings. The van der Waals surface area contributed by atoms with Crippen LogP contribution >= 0.6 is 0 Å². The lowest BCUT2D eigenvalue weighted by atomic mass is 10.1. The molecule has 1 aliphatic heterocycles. The van der Waals surface area contributed by atoms with E-state index in [-0.39, 0.29) is 13.4 Å². The summed E-state index contributed by atoms with van der Waals surface area (Å²) >= 11 is 0. The van der Waals surface area contributed by atoms with E-state index in [0.717, 1.165) is 6.54 Å². The van der Waals surface area contributed by atoms with Gasteiger partial charge in [0.2, 0.25) is 5.91 Å². The highest BCUT2D eigenvalue weighted by molar-refractivity contribution is 5.87. The van der Waals surface area contributed by atoms with Crippen LogP contribution in [0.25, 0.3) is 0 Å². The van der Waals surface area contributed by atoms with Crippen LogP contribution in [0.2, 0.25) is 0 Å². The van der Waals surface area contributed by atoms with Crippen LogP contribution in [0.3, 0.4) is 0 Å². The maximum absolute atomic E-state index is 10.4. The number of likely N-dealkylation sites (tertiary alicyclic amines) is 1. The van der Waals surface area contributed by atoms with Crippen LogP contribution in [0, 0.1) is 0 Å². The highest BCUT2D eigenvalue weighted by Crippen LogP contribution is 2.01. The van der Waals surface area contributed by atoms with Crippen LogP contribution in [0.4, 0.5) is 0 Å². The fraction of sp³-hybridized carbons (Fsp3) is 0.750. The molecule has 40 valence electrons. The van der Waals surface area contributed by atoms with Crippen molar-refractivity contribution in [1.29, 1.82) is 0 Å². The van der Waals surface area contributed by atoms with Crippen molar-refractivity contribution in [2.24, 2.45) is 5.73 Å².